The smallest absolute Gasteiger partial charge is 0.239 e. The molecule has 3 rings (SSSR count). The van der Waals surface area contributed by atoms with Gasteiger partial charge in [-0.1, -0.05) is 0 Å². The van der Waals surface area contributed by atoms with Gasteiger partial charge in [-0.2, -0.15) is 5.10 Å². The molecule has 24 heavy (non-hydrogen) atoms. The number of nitrogens with zero attached hydrogens (tertiary/aromatic N) is 3. The third kappa shape index (κ3) is 3.35. The van der Waals surface area contributed by atoms with Crippen LogP contribution in [0.25, 0.3) is 0 Å². The maximum Gasteiger partial charge on any atom is 0.239 e. The molecule has 0 spiro atoms. The maximum atomic E-state index is 12.4. The maximum absolute atomic E-state index is 12.4. The second-order valence-electron chi connectivity index (χ2n) is 7.21. The predicted octanol–water partition coefficient (Wildman–Crippen LogP) is 1.72. The topological polar surface area (TPSA) is 59.4 Å². The molecule has 6 heteroatoms. The molecular weight excluding hydrogens is 304 g/mol. The molecule has 0 bridgehead atoms. The zero-order chi connectivity index (χ0) is 17.3. The van der Waals surface area contributed by atoms with Crippen LogP contribution in [0.15, 0.2) is 0 Å². The molecule has 0 radical (unpaired) electrons. The lowest BCUT2D eigenvalue weighted by molar-refractivity contribution is -0.132. The summed E-state index contributed by atoms with van der Waals surface area (Å²) in [6, 6.07) is -0.125. The molecule has 2 saturated heterocycles. The van der Waals surface area contributed by atoms with Crippen LogP contribution < -0.4 is 5.32 Å². The second-order valence-corrected chi connectivity index (χ2v) is 7.21. The van der Waals surface area contributed by atoms with Crippen molar-refractivity contribution in [3.63, 3.8) is 0 Å². The Morgan fingerprint density at radius 3 is 2.71 bits per heavy atom. The molecular formula is C18H30N4O2. The number of amides is 1. The number of rotatable bonds is 5. The third-order valence-electron chi connectivity index (χ3n) is 5.54. The zero-order valence-electron chi connectivity index (χ0n) is 15.3. The van der Waals surface area contributed by atoms with E-state index in [0.29, 0.717) is 5.92 Å². The van der Waals surface area contributed by atoms with Crippen LogP contribution in [0.2, 0.25) is 0 Å². The highest BCUT2D eigenvalue weighted by Gasteiger charge is 2.34. The van der Waals surface area contributed by atoms with Crippen LogP contribution >= 0.6 is 0 Å². The molecule has 3 atom stereocenters. The number of ether oxygens (including phenoxy) is 1. The van der Waals surface area contributed by atoms with E-state index in [1.807, 2.05) is 30.5 Å². The van der Waals surface area contributed by atoms with E-state index in [9.17, 15) is 4.79 Å². The summed E-state index contributed by atoms with van der Waals surface area (Å²) >= 11 is 0. The minimum absolute atomic E-state index is 0.0836. The van der Waals surface area contributed by atoms with Gasteiger partial charge in [-0.3, -0.25) is 9.48 Å². The fraction of sp³-hybridized carbons (Fsp3) is 0.778. The predicted molar refractivity (Wildman–Crippen MR) is 92.8 cm³/mol. The molecule has 2 aliphatic heterocycles. The summed E-state index contributed by atoms with van der Waals surface area (Å²) < 4.78 is 7.96. The third-order valence-corrected chi connectivity index (χ3v) is 5.54. The number of nitrogens with one attached hydrogen (secondary N) is 1. The Kier molecular flexibility index (Phi) is 5.25. The van der Waals surface area contributed by atoms with Gasteiger partial charge in [-0.05, 0) is 40.0 Å². The Hall–Kier alpha value is -1.40. The highest BCUT2D eigenvalue weighted by Crippen LogP contribution is 2.37. The first kappa shape index (κ1) is 17.4. The molecule has 1 amide bonds. The summed E-state index contributed by atoms with van der Waals surface area (Å²) in [4.78, 5) is 14.4. The number of carbonyl (C=O) groups is 1. The Balaban J connectivity index is 1.61. The number of hydrogen-bond acceptors (Lipinski definition) is 4. The summed E-state index contributed by atoms with van der Waals surface area (Å²) in [5.41, 5.74) is 3.44. The van der Waals surface area contributed by atoms with Gasteiger partial charge in [-0.15, -0.1) is 0 Å². The molecule has 6 nitrogen and oxygen atoms in total. The van der Waals surface area contributed by atoms with Gasteiger partial charge < -0.3 is 15.0 Å². The summed E-state index contributed by atoms with van der Waals surface area (Å²) in [5, 5.41) is 7.97. The lowest BCUT2D eigenvalue weighted by atomic mass is 9.93. The number of likely N-dealkylation sites (tertiary alicyclic amines) is 1. The molecule has 1 N–H and O–H groups in total. The van der Waals surface area contributed by atoms with Crippen molar-refractivity contribution in [2.24, 2.45) is 13.0 Å². The first-order valence-corrected chi connectivity index (χ1v) is 9.13. The van der Waals surface area contributed by atoms with Crippen molar-refractivity contribution in [3.05, 3.63) is 17.0 Å². The molecule has 0 aromatic carbocycles. The fourth-order valence-electron chi connectivity index (χ4n) is 3.99. The van der Waals surface area contributed by atoms with Crippen molar-refractivity contribution in [2.75, 3.05) is 26.2 Å². The molecule has 0 aliphatic carbocycles. The minimum atomic E-state index is -0.125. The Morgan fingerprint density at radius 1 is 1.38 bits per heavy atom. The van der Waals surface area contributed by atoms with Crippen LogP contribution in [0.3, 0.4) is 0 Å². The molecule has 0 unspecified atom stereocenters. The minimum Gasteiger partial charge on any atom is -0.373 e. The van der Waals surface area contributed by atoms with E-state index in [2.05, 4.69) is 17.3 Å². The van der Waals surface area contributed by atoms with Crippen LogP contribution in [0.1, 0.15) is 49.2 Å². The van der Waals surface area contributed by atoms with Crippen LogP contribution in [-0.4, -0.2) is 52.9 Å². The largest absolute Gasteiger partial charge is 0.373 e. The number of hydrogen-bond donors (Lipinski definition) is 1. The van der Waals surface area contributed by atoms with Crippen LogP contribution in [0.5, 0.6) is 0 Å². The van der Waals surface area contributed by atoms with Crippen molar-refractivity contribution in [3.8, 4) is 0 Å². The summed E-state index contributed by atoms with van der Waals surface area (Å²) in [6.07, 6.45) is 3.38. The van der Waals surface area contributed by atoms with Gasteiger partial charge in [0.15, 0.2) is 0 Å². The van der Waals surface area contributed by atoms with Crippen LogP contribution in [-0.2, 0) is 16.6 Å². The van der Waals surface area contributed by atoms with Gasteiger partial charge in [0, 0.05) is 50.5 Å². The highest BCUT2D eigenvalue weighted by atomic mass is 16.5. The number of aromatic nitrogens is 2. The van der Waals surface area contributed by atoms with Gasteiger partial charge in [0.05, 0.1) is 17.8 Å². The number of carbonyl (C=O) groups excluding carboxylic acids is 1. The van der Waals surface area contributed by atoms with E-state index >= 15 is 0 Å². The van der Waals surface area contributed by atoms with E-state index < -0.39 is 0 Å². The summed E-state index contributed by atoms with van der Waals surface area (Å²) in [5.74, 6) is 0.622. The summed E-state index contributed by atoms with van der Waals surface area (Å²) in [7, 11) is 1.98. The molecule has 0 saturated carbocycles. The van der Waals surface area contributed by atoms with E-state index in [4.69, 9.17) is 4.74 Å². The van der Waals surface area contributed by atoms with E-state index in [1.165, 1.54) is 11.3 Å². The molecule has 1 aromatic rings. The average Bonchev–Trinajstić information content (AvgIpc) is 3.27. The van der Waals surface area contributed by atoms with Crippen molar-refractivity contribution < 1.29 is 9.53 Å². The Morgan fingerprint density at radius 2 is 2.08 bits per heavy atom. The Bertz CT molecular complexity index is 592. The summed E-state index contributed by atoms with van der Waals surface area (Å²) in [6.45, 7) is 9.53. The average molecular weight is 334 g/mol. The van der Waals surface area contributed by atoms with Crippen molar-refractivity contribution in [1.82, 2.24) is 20.0 Å². The molecule has 3 heterocycles. The monoisotopic (exact) mass is 334 g/mol. The van der Waals surface area contributed by atoms with Gasteiger partial charge in [0.2, 0.25) is 5.91 Å². The van der Waals surface area contributed by atoms with Gasteiger partial charge in [0.25, 0.3) is 0 Å². The van der Waals surface area contributed by atoms with Gasteiger partial charge >= 0.3 is 0 Å². The normalized spacial score (nSPS) is 25.4. The van der Waals surface area contributed by atoms with E-state index in [0.717, 1.165) is 51.2 Å². The molecule has 1 aromatic heterocycles. The van der Waals surface area contributed by atoms with E-state index in [-0.39, 0.29) is 18.1 Å². The second kappa shape index (κ2) is 7.23. The molecule has 2 fully saturated rings. The van der Waals surface area contributed by atoms with Crippen LogP contribution in [0.4, 0.5) is 0 Å². The first-order valence-electron chi connectivity index (χ1n) is 9.13. The first-order chi connectivity index (χ1) is 11.5. The highest BCUT2D eigenvalue weighted by molar-refractivity contribution is 5.81. The van der Waals surface area contributed by atoms with E-state index in [1.54, 1.807) is 0 Å². The Labute approximate surface area is 144 Å². The molecule has 134 valence electrons. The fourth-order valence-corrected chi connectivity index (χ4v) is 3.99. The van der Waals surface area contributed by atoms with Gasteiger partial charge in [0.1, 0.15) is 0 Å². The van der Waals surface area contributed by atoms with Crippen molar-refractivity contribution in [2.45, 2.75) is 52.2 Å². The lowest BCUT2D eigenvalue weighted by Gasteiger charge is -2.24. The van der Waals surface area contributed by atoms with Gasteiger partial charge in [-0.25, -0.2) is 0 Å². The van der Waals surface area contributed by atoms with Crippen molar-refractivity contribution >= 4 is 5.91 Å². The quantitative estimate of drug-likeness (QED) is 0.891. The van der Waals surface area contributed by atoms with Crippen molar-refractivity contribution in [1.29, 1.82) is 0 Å². The zero-order valence-corrected chi connectivity index (χ0v) is 15.3. The van der Waals surface area contributed by atoms with Crippen LogP contribution in [0, 0.1) is 19.8 Å². The SMILES string of the molecule is Cc1nn(C)c(C)c1[C@@H]1OCC[C@H]1CN[C@@H](C)C(=O)N1CCCC1. The standard InChI is InChI=1S/C18H30N4O2/c1-12-16(14(3)21(4)20-12)17-15(7-10-24-17)11-19-13(2)18(23)22-8-5-6-9-22/h13,15,17,19H,5-11H2,1-4H3/t13-,15-,17+/m0/s1. The molecule has 2 aliphatic rings. The number of aryl methyl sites for hydroxylation is 2. The lowest BCUT2D eigenvalue weighted by Crippen LogP contribution is -2.45.